The molecule has 82 valence electrons. The first-order chi connectivity index (χ1) is 7.79. The van der Waals surface area contributed by atoms with Gasteiger partial charge in [0.2, 0.25) is 0 Å². The standard InChI is InChI=1S/C12H10BrNOS/c13-7-1-2-9-3-5-10(6-4-9)11-8-16-12(15)14-11/h1-6,8H,7H2,(H,14,15). The molecule has 0 saturated carbocycles. The smallest absolute Gasteiger partial charge is 0.304 e. The first-order valence-corrected chi connectivity index (χ1v) is 6.80. The number of hydrogen-bond donors (Lipinski definition) is 1. The first-order valence-electron chi connectivity index (χ1n) is 4.80. The van der Waals surface area contributed by atoms with Crippen molar-refractivity contribution in [1.29, 1.82) is 0 Å². The zero-order chi connectivity index (χ0) is 11.4. The summed E-state index contributed by atoms with van der Waals surface area (Å²) in [6.45, 7) is 0. The Morgan fingerprint density at radius 2 is 2.06 bits per heavy atom. The number of benzene rings is 1. The maximum Gasteiger partial charge on any atom is 0.304 e. The average molecular weight is 296 g/mol. The van der Waals surface area contributed by atoms with E-state index in [-0.39, 0.29) is 4.87 Å². The summed E-state index contributed by atoms with van der Waals surface area (Å²) >= 11 is 4.52. The molecule has 0 fully saturated rings. The van der Waals surface area contributed by atoms with Crippen molar-refractivity contribution in [3.05, 3.63) is 51.0 Å². The molecule has 4 heteroatoms. The molecule has 1 N–H and O–H groups in total. The Bertz CT molecular complexity index is 539. The Balaban J connectivity index is 2.25. The highest BCUT2D eigenvalue weighted by Crippen LogP contribution is 2.18. The van der Waals surface area contributed by atoms with Gasteiger partial charge in [0.05, 0.1) is 5.69 Å². The number of hydrogen-bond acceptors (Lipinski definition) is 2. The molecule has 2 aromatic rings. The van der Waals surface area contributed by atoms with E-state index in [0.717, 1.165) is 22.2 Å². The van der Waals surface area contributed by atoms with E-state index >= 15 is 0 Å². The van der Waals surface area contributed by atoms with Crippen LogP contribution in [0.3, 0.4) is 0 Å². The zero-order valence-corrected chi connectivity index (χ0v) is 10.8. The van der Waals surface area contributed by atoms with Crippen LogP contribution in [0.5, 0.6) is 0 Å². The Hall–Kier alpha value is -1.13. The molecular weight excluding hydrogens is 286 g/mol. The largest absolute Gasteiger partial charge is 0.312 e. The molecule has 0 amide bonds. The number of alkyl halides is 1. The molecule has 0 saturated heterocycles. The highest BCUT2D eigenvalue weighted by atomic mass is 79.9. The normalized spacial score (nSPS) is 11.1. The van der Waals surface area contributed by atoms with Crippen molar-refractivity contribution in [2.45, 2.75) is 0 Å². The summed E-state index contributed by atoms with van der Waals surface area (Å²) in [6.07, 6.45) is 4.09. The fourth-order valence-corrected chi connectivity index (χ4v) is 2.15. The van der Waals surface area contributed by atoms with E-state index in [4.69, 9.17) is 0 Å². The lowest BCUT2D eigenvalue weighted by Crippen LogP contribution is -1.92. The van der Waals surface area contributed by atoms with Crippen LogP contribution in [0.1, 0.15) is 5.56 Å². The van der Waals surface area contributed by atoms with Crippen molar-refractivity contribution in [2.24, 2.45) is 0 Å². The molecule has 1 heterocycles. The van der Waals surface area contributed by atoms with E-state index in [0.29, 0.717) is 0 Å². The molecule has 2 nitrogen and oxygen atoms in total. The summed E-state index contributed by atoms with van der Waals surface area (Å²) in [5, 5.41) is 2.69. The monoisotopic (exact) mass is 295 g/mol. The number of halogens is 1. The van der Waals surface area contributed by atoms with Crippen LogP contribution in [0.15, 0.2) is 40.5 Å². The third kappa shape index (κ3) is 2.71. The molecule has 0 aliphatic heterocycles. The topological polar surface area (TPSA) is 32.9 Å². The SMILES string of the molecule is O=c1[nH]c(-c2ccc(C=CCBr)cc2)cs1. The molecule has 0 spiro atoms. The quantitative estimate of drug-likeness (QED) is 0.864. The van der Waals surface area contributed by atoms with Crippen molar-refractivity contribution in [1.82, 2.24) is 4.98 Å². The van der Waals surface area contributed by atoms with E-state index in [1.807, 2.05) is 35.7 Å². The minimum absolute atomic E-state index is 0.0155. The summed E-state index contributed by atoms with van der Waals surface area (Å²) in [5.41, 5.74) is 3.07. The number of aromatic nitrogens is 1. The lowest BCUT2D eigenvalue weighted by Gasteiger charge is -1.98. The van der Waals surface area contributed by atoms with Crippen molar-refractivity contribution in [3.63, 3.8) is 0 Å². The molecule has 0 atom stereocenters. The fraction of sp³-hybridized carbons (Fsp3) is 0.0833. The van der Waals surface area contributed by atoms with Crippen molar-refractivity contribution < 1.29 is 0 Å². The molecule has 1 aromatic carbocycles. The van der Waals surface area contributed by atoms with Crippen LogP contribution in [0.2, 0.25) is 0 Å². The van der Waals surface area contributed by atoms with Gasteiger partial charge in [-0.1, -0.05) is 63.7 Å². The Kier molecular flexibility index (Phi) is 3.74. The Morgan fingerprint density at radius 1 is 1.31 bits per heavy atom. The minimum Gasteiger partial charge on any atom is -0.312 e. The van der Waals surface area contributed by atoms with Crippen molar-refractivity contribution in [2.75, 3.05) is 5.33 Å². The molecule has 16 heavy (non-hydrogen) atoms. The second kappa shape index (κ2) is 5.27. The molecule has 0 aliphatic rings. The van der Waals surface area contributed by atoms with E-state index in [2.05, 4.69) is 27.0 Å². The van der Waals surface area contributed by atoms with Crippen LogP contribution in [0, 0.1) is 0 Å². The lowest BCUT2D eigenvalue weighted by atomic mass is 10.1. The first kappa shape index (κ1) is 11.4. The van der Waals surface area contributed by atoms with E-state index in [1.54, 1.807) is 0 Å². The van der Waals surface area contributed by atoms with Crippen LogP contribution in [-0.4, -0.2) is 10.3 Å². The van der Waals surface area contributed by atoms with Crippen LogP contribution >= 0.6 is 27.3 Å². The van der Waals surface area contributed by atoms with Gasteiger partial charge in [-0.15, -0.1) is 0 Å². The number of rotatable bonds is 3. The zero-order valence-electron chi connectivity index (χ0n) is 8.44. The molecule has 0 bridgehead atoms. The van der Waals surface area contributed by atoms with Crippen LogP contribution in [-0.2, 0) is 0 Å². The molecule has 0 aliphatic carbocycles. The van der Waals surface area contributed by atoms with Crippen molar-refractivity contribution in [3.8, 4) is 11.3 Å². The second-order valence-electron chi connectivity index (χ2n) is 3.24. The summed E-state index contributed by atoms with van der Waals surface area (Å²) in [6, 6.07) is 8.08. The highest BCUT2D eigenvalue weighted by Gasteiger charge is 1.99. The van der Waals surface area contributed by atoms with Gasteiger partial charge in [0, 0.05) is 10.7 Å². The van der Waals surface area contributed by atoms with E-state index in [9.17, 15) is 4.79 Å². The summed E-state index contributed by atoms with van der Waals surface area (Å²) in [5.74, 6) is 0. The molecular formula is C12H10BrNOS. The number of thiazole rings is 1. The average Bonchev–Trinajstić information content (AvgIpc) is 2.74. The minimum atomic E-state index is -0.0155. The van der Waals surface area contributed by atoms with Crippen LogP contribution in [0.4, 0.5) is 0 Å². The Labute approximate surface area is 106 Å². The second-order valence-corrected chi connectivity index (χ2v) is 4.73. The van der Waals surface area contributed by atoms with Crippen LogP contribution in [0.25, 0.3) is 17.3 Å². The maximum atomic E-state index is 11.0. The number of H-pyrrole nitrogens is 1. The maximum absolute atomic E-state index is 11.0. The fourth-order valence-electron chi connectivity index (χ4n) is 1.38. The van der Waals surface area contributed by atoms with E-state index in [1.165, 1.54) is 11.3 Å². The lowest BCUT2D eigenvalue weighted by molar-refractivity contribution is 1.34. The number of nitrogens with one attached hydrogen (secondary N) is 1. The summed E-state index contributed by atoms with van der Waals surface area (Å²) < 4.78 is 0. The third-order valence-corrected chi connectivity index (χ3v) is 3.19. The predicted molar refractivity (Wildman–Crippen MR) is 73.2 cm³/mol. The van der Waals surface area contributed by atoms with Crippen LogP contribution < -0.4 is 4.87 Å². The van der Waals surface area contributed by atoms with Gasteiger partial charge in [-0.05, 0) is 11.1 Å². The number of allylic oxidation sites excluding steroid dienone is 1. The molecule has 0 radical (unpaired) electrons. The van der Waals surface area contributed by atoms with Gasteiger partial charge in [0.15, 0.2) is 0 Å². The number of aromatic amines is 1. The molecule has 0 unspecified atom stereocenters. The van der Waals surface area contributed by atoms with Gasteiger partial charge in [0.1, 0.15) is 0 Å². The van der Waals surface area contributed by atoms with Gasteiger partial charge in [0.25, 0.3) is 0 Å². The third-order valence-electron chi connectivity index (χ3n) is 2.14. The van der Waals surface area contributed by atoms with Gasteiger partial charge in [-0.3, -0.25) is 4.79 Å². The van der Waals surface area contributed by atoms with Gasteiger partial charge < -0.3 is 4.98 Å². The van der Waals surface area contributed by atoms with E-state index < -0.39 is 0 Å². The summed E-state index contributed by atoms with van der Waals surface area (Å²) in [7, 11) is 0. The summed E-state index contributed by atoms with van der Waals surface area (Å²) in [4.78, 5) is 13.8. The van der Waals surface area contributed by atoms with Gasteiger partial charge in [-0.2, -0.15) is 0 Å². The molecule has 1 aromatic heterocycles. The Morgan fingerprint density at radius 3 is 2.62 bits per heavy atom. The highest BCUT2D eigenvalue weighted by molar-refractivity contribution is 9.09. The van der Waals surface area contributed by atoms with Gasteiger partial charge in [-0.25, -0.2) is 0 Å². The van der Waals surface area contributed by atoms with Crippen molar-refractivity contribution >= 4 is 33.3 Å². The molecule has 2 rings (SSSR count). The van der Waals surface area contributed by atoms with Gasteiger partial charge >= 0.3 is 4.87 Å². The predicted octanol–water partition coefficient (Wildman–Crippen LogP) is 3.51.